The average Bonchev–Trinajstić information content (AvgIpc) is 2.59. The number of carbonyl (C=O) groups excluding carboxylic acids is 1. The number of ether oxygens (including phenoxy) is 3. The smallest absolute Gasteiger partial charge is 0.337 e. The van der Waals surface area contributed by atoms with Crippen LogP contribution in [0.25, 0.3) is 12.2 Å². The first-order valence-electron chi connectivity index (χ1n) is 7.02. The molecule has 0 fully saturated rings. The SMILES string of the molecule is COCOc1ccc(Br)c(C=Cc2ccc(C(=O)OC)cc2I)c1. The van der Waals surface area contributed by atoms with Gasteiger partial charge in [-0.2, -0.15) is 0 Å². The van der Waals surface area contributed by atoms with Gasteiger partial charge in [0.25, 0.3) is 0 Å². The third-order valence-electron chi connectivity index (χ3n) is 3.17. The molecule has 0 N–H and O–H groups in total. The zero-order valence-corrected chi connectivity index (χ0v) is 17.0. The Balaban J connectivity index is 2.23. The predicted molar refractivity (Wildman–Crippen MR) is 106 cm³/mol. The van der Waals surface area contributed by atoms with Crippen molar-refractivity contribution in [3.8, 4) is 5.75 Å². The number of benzene rings is 2. The fourth-order valence-corrected chi connectivity index (χ4v) is 3.03. The minimum atomic E-state index is -0.339. The number of halogens is 2. The maximum atomic E-state index is 11.6. The lowest BCUT2D eigenvalue weighted by molar-refractivity contribution is 0.0511. The molecule has 126 valence electrons. The first kappa shape index (κ1) is 19.0. The third kappa shape index (κ3) is 5.06. The highest BCUT2D eigenvalue weighted by molar-refractivity contribution is 14.1. The van der Waals surface area contributed by atoms with Gasteiger partial charge in [0.1, 0.15) is 5.75 Å². The quantitative estimate of drug-likeness (QED) is 0.241. The molecule has 0 aliphatic rings. The largest absolute Gasteiger partial charge is 0.468 e. The first-order valence-corrected chi connectivity index (χ1v) is 8.89. The van der Waals surface area contributed by atoms with Crippen LogP contribution >= 0.6 is 38.5 Å². The van der Waals surface area contributed by atoms with Gasteiger partial charge in [0.05, 0.1) is 12.7 Å². The van der Waals surface area contributed by atoms with Crippen LogP contribution in [0.5, 0.6) is 5.75 Å². The van der Waals surface area contributed by atoms with Gasteiger partial charge in [-0.05, 0) is 64.0 Å². The Morgan fingerprint density at radius 2 is 1.88 bits per heavy atom. The molecule has 0 aliphatic carbocycles. The van der Waals surface area contributed by atoms with Gasteiger partial charge in [-0.3, -0.25) is 0 Å². The molecular weight excluding hydrogens is 487 g/mol. The van der Waals surface area contributed by atoms with Gasteiger partial charge in [-0.1, -0.05) is 34.1 Å². The molecule has 2 aromatic rings. The van der Waals surface area contributed by atoms with E-state index in [0.29, 0.717) is 5.56 Å². The second-order valence-electron chi connectivity index (χ2n) is 4.80. The van der Waals surface area contributed by atoms with Gasteiger partial charge in [-0.15, -0.1) is 0 Å². The van der Waals surface area contributed by atoms with Crippen LogP contribution in [0, 0.1) is 3.57 Å². The third-order valence-corrected chi connectivity index (χ3v) is 4.83. The zero-order chi connectivity index (χ0) is 17.5. The summed E-state index contributed by atoms with van der Waals surface area (Å²) < 4.78 is 17.0. The summed E-state index contributed by atoms with van der Waals surface area (Å²) >= 11 is 5.73. The molecule has 0 amide bonds. The van der Waals surface area contributed by atoms with Crippen molar-refractivity contribution >= 4 is 56.6 Å². The molecule has 2 aromatic carbocycles. The van der Waals surface area contributed by atoms with Crippen LogP contribution in [0.15, 0.2) is 40.9 Å². The van der Waals surface area contributed by atoms with E-state index in [-0.39, 0.29) is 12.8 Å². The molecule has 0 heterocycles. The van der Waals surface area contributed by atoms with Crippen LogP contribution in [0.1, 0.15) is 21.5 Å². The van der Waals surface area contributed by atoms with Crippen LogP contribution in [-0.2, 0) is 9.47 Å². The van der Waals surface area contributed by atoms with Crippen LogP contribution in [-0.4, -0.2) is 27.0 Å². The summed E-state index contributed by atoms with van der Waals surface area (Å²) in [6.07, 6.45) is 3.97. The Morgan fingerprint density at radius 3 is 2.54 bits per heavy atom. The lowest BCUT2D eigenvalue weighted by Crippen LogP contribution is -2.01. The van der Waals surface area contributed by atoms with Crippen molar-refractivity contribution in [3.05, 3.63) is 61.1 Å². The van der Waals surface area contributed by atoms with E-state index >= 15 is 0 Å². The summed E-state index contributed by atoms with van der Waals surface area (Å²) in [5.74, 6) is 0.393. The highest BCUT2D eigenvalue weighted by Gasteiger charge is 2.07. The lowest BCUT2D eigenvalue weighted by Gasteiger charge is -2.07. The monoisotopic (exact) mass is 502 g/mol. The molecule has 0 saturated heterocycles. The summed E-state index contributed by atoms with van der Waals surface area (Å²) in [6.45, 7) is 0.206. The molecule has 2 rings (SSSR count). The van der Waals surface area contributed by atoms with Crippen molar-refractivity contribution in [2.45, 2.75) is 0 Å². The zero-order valence-electron chi connectivity index (χ0n) is 13.2. The summed E-state index contributed by atoms with van der Waals surface area (Å²) in [6, 6.07) is 11.2. The van der Waals surface area contributed by atoms with E-state index in [1.165, 1.54) is 7.11 Å². The number of hydrogen-bond donors (Lipinski definition) is 0. The Labute approximate surface area is 163 Å². The molecule has 4 nitrogen and oxygen atoms in total. The van der Waals surface area contributed by atoms with E-state index in [0.717, 1.165) is 24.9 Å². The molecule has 0 atom stereocenters. The second kappa shape index (κ2) is 9.19. The van der Waals surface area contributed by atoms with E-state index in [1.807, 2.05) is 36.4 Å². The topological polar surface area (TPSA) is 44.8 Å². The van der Waals surface area contributed by atoms with Crippen molar-refractivity contribution in [3.63, 3.8) is 0 Å². The van der Waals surface area contributed by atoms with E-state index in [1.54, 1.807) is 19.2 Å². The summed E-state index contributed by atoms with van der Waals surface area (Å²) in [5.41, 5.74) is 2.53. The molecule has 0 aliphatic heterocycles. The predicted octanol–water partition coefficient (Wildman–Crippen LogP) is 4.99. The van der Waals surface area contributed by atoms with Crippen molar-refractivity contribution in [1.82, 2.24) is 0 Å². The summed E-state index contributed by atoms with van der Waals surface area (Å²) in [4.78, 5) is 11.6. The fraction of sp³-hybridized carbons (Fsp3) is 0.167. The molecule has 0 saturated carbocycles. The van der Waals surface area contributed by atoms with E-state index < -0.39 is 0 Å². The molecule has 0 unspecified atom stereocenters. The van der Waals surface area contributed by atoms with E-state index in [4.69, 9.17) is 14.2 Å². The molecule has 6 heteroatoms. The Hall–Kier alpha value is -1.38. The fourth-order valence-electron chi connectivity index (χ4n) is 1.95. The molecule has 0 aromatic heterocycles. The summed E-state index contributed by atoms with van der Waals surface area (Å²) in [7, 11) is 2.96. The maximum Gasteiger partial charge on any atom is 0.337 e. The highest BCUT2D eigenvalue weighted by Crippen LogP contribution is 2.25. The van der Waals surface area contributed by atoms with Crippen molar-refractivity contribution in [2.24, 2.45) is 0 Å². The number of hydrogen-bond acceptors (Lipinski definition) is 4. The van der Waals surface area contributed by atoms with Gasteiger partial charge in [-0.25, -0.2) is 4.79 Å². The number of rotatable bonds is 6. The second-order valence-corrected chi connectivity index (χ2v) is 6.81. The van der Waals surface area contributed by atoms with Crippen molar-refractivity contribution < 1.29 is 19.0 Å². The Morgan fingerprint density at radius 1 is 1.12 bits per heavy atom. The van der Waals surface area contributed by atoms with Crippen molar-refractivity contribution in [1.29, 1.82) is 0 Å². The minimum Gasteiger partial charge on any atom is -0.468 e. The van der Waals surface area contributed by atoms with Gasteiger partial charge in [0.2, 0.25) is 0 Å². The number of methoxy groups -OCH3 is 2. The van der Waals surface area contributed by atoms with E-state index in [2.05, 4.69) is 38.5 Å². The molecule has 24 heavy (non-hydrogen) atoms. The van der Waals surface area contributed by atoms with Crippen molar-refractivity contribution in [2.75, 3.05) is 21.0 Å². The number of carbonyl (C=O) groups is 1. The molecule has 0 spiro atoms. The van der Waals surface area contributed by atoms with E-state index in [9.17, 15) is 4.79 Å². The Kier molecular flexibility index (Phi) is 7.26. The van der Waals surface area contributed by atoms with Gasteiger partial charge < -0.3 is 14.2 Å². The van der Waals surface area contributed by atoms with Crippen LogP contribution in [0.2, 0.25) is 0 Å². The molecular formula is C18H16BrIO4. The maximum absolute atomic E-state index is 11.6. The average molecular weight is 503 g/mol. The lowest BCUT2D eigenvalue weighted by atomic mass is 10.1. The van der Waals surface area contributed by atoms with Gasteiger partial charge in [0.15, 0.2) is 6.79 Å². The van der Waals surface area contributed by atoms with Gasteiger partial charge >= 0.3 is 5.97 Å². The Bertz CT molecular complexity index is 759. The minimum absolute atomic E-state index is 0.206. The van der Waals surface area contributed by atoms with Gasteiger partial charge in [0, 0.05) is 15.2 Å². The first-order chi connectivity index (χ1) is 11.5. The standard InChI is InChI=1S/C18H16BrIO4/c1-22-11-24-15-7-8-16(19)13(9-15)5-3-12-4-6-14(10-17(12)20)18(21)23-2/h3-10H,11H2,1-2H3. The molecule has 0 radical (unpaired) electrons. The van der Waals surface area contributed by atoms with Crippen LogP contribution in [0.4, 0.5) is 0 Å². The summed E-state index contributed by atoms with van der Waals surface area (Å²) in [5, 5.41) is 0. The number of esters is 1. The molecule has 0 bridgehead atoms. The highest BCUT2D eigenvalue weighted by atomic mass is 127. The normalized spacial score (nSPS) is 10.8. The van der Waals surface area contributed by atoms with Crippen LogP contribution < -0.4 is 4.74 Å². The van der Waals surface area contributed by atoms with Crippen LogP contribution in [0.3, 0.4) is 0 Å².